The average molecular weight is 473 g/mol. The van der Waals surface area contributed by atoms with E-state index < -0.39 is 17.7 Å². The molecule has 158 valence electrons. The van der Waals surface area contributed by atoms with Crippen molar-refractivity contribution >= 4 is 57.1 Å². The third kappa shape index (κ3) is 3.76. The molecule has 1 atom stereocenters. The van der Waals surface area contributed by atoms with E-state index in [4.69, 9.17) is 23.2 Å². The molecule has 1 N–H and O–H groups in total. The number of aromatic nitrogens is 1. The first kappa shape index (κ1) is 21.6. The summed E-state index contributed by atoms with van der Waals surface area (Å²) in [5.41, 5.74) is 2.76. The molecule has 31 heavy (non-hydrogen) atoms. The second-order valence-electron chi connectivity index (χ2n) is 7.35. The molecule has 0 aliphatic carbocycles. The molecule has 1 amide bonds. The van der Waals surface area contributed by atoms with E-state index in [0.717, 1.165) is 16.1 Å². The fraction of sp³-hybridized carbons (Fsp3) is 0.174. The van der Waals surface area contributed by atoms with Crippen molar-refractivity contribution in [1.82, 2.24) is 4.98 Å². The minimum Gasteiger partial charge on any atom is -0.507 e. The number of ketones is 1. The fourth-order valence-electron chi connectivity index (χ4n) is 3.45. The lowest BCUT2D eigenvalue weighted by Gasteiger charge is -2.23. The molecule has 3 aromatic rings. The zero-order valence-electron chi connectivity index (χ0n) is 16.9. The summed E-state index contributed by atoms with van der Waals surface area (Å²) >= 11 is 13.6. The Morgan fingerprint density at radius 1 is 1.03 bits per heavy atom. The number of aryl methyl sites for hydroxylation is 3. The predicted octanol–water partition coefficient (Wildman–Crippen LogP) is 6.00. The molecular weight excluding hydrogens is 455 g/mol. The van der Waals surface area contributed by atoms with Gasteiger partial charge in [-0.3, -0.25) is 14.5 Å². The van der Waals surface area contributed by atoms with Gasteiger partial charge in [0.1, 0.15) is 5.76 Å². The van der Waals surface area contributed by atoms with Crippen molar-refractivity contribution in [2.45, 2.75) is 26.8 Å². The van der Waals surface area contributed by atoms with Crippen LogP contribution in [0.5, 0.6) is 0 Å². The molecule has 1 aliphatic heterocycles. The van der Waals surface area contributed by atoms with Gasteiger partial charge < -0.3 is 5.11 Å². The van der Waals surface area contributed by atoms with Crippen molar-refractivity contribution in [3.63, 3.8) is 0 Å². The van der Waals surface area contributed by atoms with Crippen molar-refractivity contribution in [3.05, 3.63) is 85.3 Å². The molecule has 1 fully saturated rings. The molecule has 0 radical (unpaired) electrons. The van der Waals surface area contributed by atoms with Crippen LogP contribution in [0.2, 0.25) is 10.0 Å². The normalized spacial score (nSPS) is 18.1. The first-order valence-corrected chi connectivity index (χ1v) is 11.0. The Balaban J connectivity index is 1.97. The lowest BCUT2D eigenvalue weighted by Crippen LogP contribution is -2.29. The lowest BCUT2D eigenvalue weighted by molar-refractivity contribution is -0.132. The SMILES string of the molecule is Cc1ccc(/C(O)=C2\C(=O)C(=O)N(c3nc(C)c(C)s3)[C@@H]2c2ccc(Cl)c(Cl)c2)cc1. The van der Waals surface area contributed by atoms with Gasteiger partial charge in [0.25, 0.3) is 5.78 Å². The Hall–Kier alpha value is -2.67. The molecule has 0 bridgehead atoms. The minimum absolute atomic E-state index is 0.0160. The van der Waals surface area contributed by atoms with Gasteiger partial charge >= 0.3 is 5.91 Å². The highest BCUT2D eigenvalue weighted by Crippen LogP contribution is 2.44. The van der Waals surface area contributed by atoms with Gasteiger partial charge in [-0.25, -0.2) is 4.98 Å². The molecule has 0 unspecified atom stereocenters. The Bertz CT molecular complexity index is 1230. The van der Waals surface area contributed by atoms with Crippen molar-refractivity contribution in [3.8, 4) is 0 Å². The molecule has 8 heteroatoms. The summed E-state index contributed by atoms with van der Waals surface area (Å²) in [7, 11) is 0. The quantitative estimate of drug-likeness (QED) is 0.288. The molecule has 4 rings (SSSR count). The molecular formula is C23H18Cl2N2O3S. The van der Waals surface area contributed by atoms with Crippen molar-refractivity contribution < 1.29 is 14.7 Å². The molecule has 1 saturated heterocycles. The van der Waals surface area contributed by atoms with E-state index in [2.05, 4.69) is 4.98 Å². The maximum Gasteiger partial charge on any atom is 0.301 e. The minimum atomic E-state index is -0.888. The molecule has 1 aromatic heterocycles. The van der Waals surface area contributed by atoms with Gasteiger partial charge in [-0.2, -0.15) is 0 Å². The number of Topliss-reactive ketones (excluding diaryl/α,β-unsaturated/α-hetero) is 1. The molecule has 0 saturated carbocycles. The number of hydrogen-bond donors (Lipinski definition) is 1. The first-order valence-electron chi connectivity index (χ1n) is 9.46. The van der Waals surface area contributed by atoms with Gasteiger partial charge in [-0.05, 0) is 38.5 Å². The van der Waals surface area contributed by atoms with Gasteiger partial charge in [-0.15, -0.1) is 11.3 Å². The maximum absolute atomic E-state index is 13.1. The number of aliphatic hydroxyl groups excluding tert-OH is 1. The van der Waals surface area contributed by atoms with Crippen LogP contribution in [0.15, 0.2) is 48.0 Å². The van der Waals surface area contributed by atoms with Gasteiger partial charge in [0.15, 0.2) is 5.13 Å². The first-order chi connectivity index (χ1) is 14.7. The Kier molecular flexibility index (Phi) is 5.64. The van der Waals surface area contributed by atoms with E-state index in [1.807, 2.05) is 32.9 Å². The number of hydrogen-bond acceptors (Lipinski definition) is 5. The highest BCUT2D eigenvalue weighted by molar-refractivity contribution is 7.16. The van der Waals surface area contributed by atoms with Crippen molar-refractivity contribution in [2.24, 2.45) is 0 Å². The molecule has 2 aromatic carbocycles. The van der Waals surface area contributed by atoms with Crippen LogP contribution < -0.4 is 4.90 Å². The van der Waals surface area contributed by atoms with E-state index in [9.17, 15) is 14.7 Å². The van der Waals surface area contributed by atoms with Crippen molar-refractivity contribution in [1.29, 1.82) is 0 Å². The summed E-state index contributed by atoms with van der Waals surface area (Å²) < 4.78 is 0. The predicted molar refractivity (Wildman–Crippen MR) is 124 cm³/mol. The zero-order valence-corrected chi connectivity index (χ0v) is 19.3. The second kappa shape index (κ2) is 8.11. The van der Waals surface area contributed by atoms with Crippen LogP contribution in [0.4, 0.5) is 5.13 Å². The van der Waals surface area contributed by atoms with Gasteiger partial charge in [-0.1, -0.05) is 59.1 Å². The number of carbonyl (C=O) groups is 2. The molecule has 1 aliphatic rings. The van der Waals surface area contributed by atoms with E-state index in [1.165, 1.54) is 16.2 Å². The average Bonchev–Trinajstić information content (AvgIpc) is 3.20. The summed E-state index contributed by atoms with van der Waals surface area (Å²) in [5.74, 6) is -1.78. The van der Waals surface area contributed by atoms with Crippen LogP contribution in [0.1, 0.15) is 33.3 Å². The second-order valence-corrected chi connectivity index (χ2v) is 9.34. The number of nitrogens with zero attached hydrogens (tertiary/aromatic N) is 2. The standard InChI is InChI=1S/C23H18Cl2N2O3S/c1-11-4-6-14(7-5-11)20(28)18-19(15-8-9-16(24)17(25)10-15)27(22(30)21(18)29)23-26-12(2)13(3)31-23/h4-10,19,28H,1-3H3/b20-18+/t19-/m1/s1. The fourth-order valence-corrected chi connectivity index (χ4v) is 4.70. The zero-order chi connectivity index (χ0) is 22.4. The monoisotopic (exact) mass is 472 g/mol. The molecule has 2 heterocycles. The van der Waals surface area contributed by atoms with Crippen LogP contribution in [0.3, 0.4) is 0 Å². The summed E-state index contributed by atoms with van der Waals surface area (Å²) in [4.78, 5) is 32.9. The summed E-state index contributed by atoms with van der Waals surface area (Å²) in [6.07, 6.45) is 0. The van der Waals surface area contributed by atoms with E-state index >= 15 is 0 Å². The number of aliphatic hydroxyl groups is 1. The topological polar surface area (TPSA) is 70.5 Å². The summed E-state index contributed by atoms with van der Waals surface area (Å²) in [6, 6.07) is 11.1. The van der Waals surface area contributed by atoms with E-state index in [0.29, 0.717) is 21.3 Å². The highest BCUT2D eigenvalue weighted by atomic mass is 35.5. The third-order valence-corrected chi connectivity index (χ3v) is 7.06. The number of carbonyl (C=O) groups excluding carboxylic acids is 2. The van der Waals surface area contributed by atoms with Crippen LogP contribution in [0, 0.1) is 20.8 Å². The van der Waals surface area contributed by atoms with E-state index in [1.54, 1.807) is 30.3 Å². The number of benzene rings is 2. The third-order valence-electron chi connectivity index (χ3n) is 5.25. The number of anilines is 1. The van der Waals surface area contributed by atoms with Crippen LogP contribution in [-0.2, 0) is 9.59 Å². The van der Waals surface area contributed by atoms with Gasteiger partial charge in [0, 0.05) is 10.4 Å². The van der Waals surface area contributed by atoms with Crippen LogP contribution >= 0.6 is 34.5 Å². The van der Waals surface area contributed by atoms with Crippen LogP contribution in [0.25, 0.3) is 5.76 Å². The maximum atomic E-state index is 13.1. The van der Waals surface area contributed by atoms with E-state index in [-0.39, 0.29) is 16.4 Å². The summed E-state index contributed by atoms with van der Waals surface area (Å²) in [6.45, 7) is 5.66. The van der Waals surface area contributed by atoms with Crippen molar-refractivity contribution in [2.75, 3.05) is 4.90 Å². The highest BCUT2D eigenvalue weighted by Gasteiger charge is 2.48. The van der Waals surface area contributed by atoms with Crippen LogP contribution in [-0.4, -0.2) is 21.8 Å². The number of halogens is 2. The smallest absolute Gasteiger partial charge is 0.301 e. The number of thiazole rings is 1. The largest absolute Gasteiger partial charge is 0.507 e. The molecule has 0 spiro atoms. The summed E-state index contributed by atoms with van der Waals surface area (Å²) in [5, 5.41) is 12.1. The number of rotatable bonds is 3. The Morgan fingerprint density at radius 2 is 1.71 bits per heavy atom. The van der Waals surface area contributed by atoms with Gasteiger partial charge in [0.2, 0.25) is 0 Å². The number of amides is 1. The molecule has 5 nitrogen and oxygen atoms in total. The van der Waals surface area contributed by atoms with Gasteiger partial charge in [0.05, 0.1) is 27.4 Å². The Labute approximate surface area is 193 Å². The Morgan fingerprint density at radius 3 is 2.29 bits per heavy atom. The lowest BCUT2D eigenvalue weighted by atomic mass is 9.95.